The van der Waals surface area contributed by atoms with E-state index in [9.17, 15) is 4.79 Å². The Hall–Kier alpha value is -1.36. The largest absolute Gasteiger partial charge is 0.494 e. The molecule has 0 atom stereocenters. The van der Waals surface area contributed by atoms with Crippen LogP contribution in [0.1, 0.15) is 6.92 Å². The first-order chi connectivity index (χ1) is 8.26. The van der Waals surface area contributed by atoms with Gasteiger partial charge in [0.1, 0.15) is 11.5 Å². The molecule has 4 nitrogen and oxygen atoms in total. The molecule has 17 heavy (non-hydrogen) atoms. The first kappa shape index (κ1) is 13.7. The molecule has 0 aliphatic rings. The zero-order chi connectivity index (χ0) is 12.5. The summed E-state index contributed by atoms with van der Waals surface area (Å²) in [5.74, 6) is 1.91. The van der Waals surface area contributed by atoms with E-state index in [4.69, 9.17) is 9.47 Å². The van der Waals surface area contributed by atoms with Gasteiger partial charge in [-0.3, -0.25) is 4.79 Å². The van der Waals surface area contributed by atoms with Gasteiger partial charge in [0.25, 0.3) is 5.91 Å². The standard InChI is InChI=1S/C12H17NO3S/c1-2-15-10-3-5-11(6-4-10)16-9-12(14)13-7-8-17/h3-6,17H,2,7-9H2,1H3,(H,13,14). The summed E-state index contributed by atoms with van der Waals surface area (Å²) in [5.41, 5.74) is 0. The Bertz CT molecular complexity index is 340. The molecule has 0 fully saturated rings. The van der Waals surface area contributed by atoms with Gasteiger partial charge < -0.3 is 14.8 Å². The summed E-state index contributed by atoms with van der Waals surface area (Å²) >= 11 is 4.00. The fourth-order valence-corrected chi connectivity index (χ4v) is 1.31. The third-order valence-corrected chi connectivity index (χ3v) is 2.16. The zero-order valence-electron chi connectivity index (χ0n) is 9.81. The lowest BCUT2D eigenvalue weighted by Crippen LogP contribution is -2.30. The number of carbonyl (C=O) groups is 1. The average molecular weight is 255 g/mol. The molecule has 1 aromatic rings. The number of thiol groups is 1. The molecule has 0 saturated heterocycles. The summed E-state index contributed by atoms with van der Waals surface area (Å²) in [5, 5.41) is 2.67. The second-order valence-corrected chi connectivity index (χ2v) is 3.71. The van der Waals surface area contributed by atoms with Gasteiger partial charge in [0.05, 0.1) is 6.61 Å². The molecule has 0 radical (unpaired) electrons. The molecule has 5 heteroatoms. The monoisotopic (exact) mass is 255 g/mol. The average Bonchev–Trinajstić information content (AvgIpc) is 2.36. The van der Waals surface area contributed by atoms with Crippen molar-refractivity contribution in [2.75, 3.05) is 25.5 Å². The molecule has 0 aromatic heterocycles. The number of nitrogens with one attached hydrogen (secondary N) is 1. The Kier molecular flexibility index (Phi) is 6.32. The Morgan fingerprint density at radius 3 is 2.35 bits per heavy atom. The molecular formula is C12H17NO3S. The normalized spacial score (nSPS) is 9.76. The van der Waals surface area contributed by atoms with Crippen LogP contribution in [0.5, 0.6) is 11.5 Å². The highest BCUT2D eigenvalue weighted by Crippen LogP contribution is 2.17. The lowest BCUT2D eigenvalue weighted by molar-refractivity contribution is -0.122. The Labute approximate surface area is 107 Å². The smallest absolute Gasteiger partial charge is 0.257 e. The minimum atomic E-state index is -0.145. The lowest BCUT2D eigenvalue weighted by atomic mass is 10.3. The molecule has 94 valence electrons. The quantitative estimate of drug-likeness (QED) is 0.726. The first-order valence-corrected chi connectivity index (χ1v) is 6.12. The lowest BCUT2D eigenvalue weighted by Gasteiger charge is -2.07. The maximum atomic E-state index is 11.2. The van der Waals surface area contributed by atoms with E-state index in [2.05, 4.69) is 17.9 Å². The van der Waals surface area contributed by atoms with E-state index in [0.717, 1.165) is 5.75 Å². The molecule has 1 N–H and O–H groups in total. The third kappa shape index (κ3) is 5.49. The molecular weight excluding hydrogens is 238 g/mol. The number of amides is 1. The number of hydrogen-bond donors (Lipinski definition) is 2. The summed E-state index contributed by atoms with van der Waals surface area (Å²) in [6.45, 7) is 3.12. The van der Waals surface area contributed by atoms with Gasteiger partial charge in [-0.05, 0) is 31.2 Å². The number of hydrogen-bond acceptors (Lipinski definition) is 4. The minimum absolute atomic E-state index is 0.0156. The van der Waals surface area contributed by atoms with Crippen LogP contribution in [-0.4, -0.2) is 31.4 Å². The fraction of sp³-hybridized carbons (Fsp3) is 0.417. The highest BCUT2D eigenvalue weighted by Gasteiger charge is 2.01. The van der Waals surface area contributed by atoms with Crippen molar-refractivity contribution >= 4 is 18.5 Å². The maximum Gasteiger partial charge on any atom is 0.257 e. The van der Waals surface area contributed by atoms with Crippen LogP contribution >= 0.6 is 12.6 Å². The minimum Gasteiger partial charge on any atom is -0.494 e. The van der Waals surface area contributed by atoms with Crippen LogP contribution in [-0.2, 0) is 4.79 Å². The van der Waals surface area contributed by atoms with Gasteiger partial charge in [-0.15, -0.1) is 0 Å². The molecule has 0 spiro atoms. The second kappa shape index (κ2) is 7.84. The number of benzene rings is 1. The highest BCUT2D eigenvalue weighted by atomic mass is 32.1. The third-order valence-electron chi connectivity index (χ3n) is 1.94. The summed E-state index contributed by atoms with van der Waals surface area (Å²) in [6.07, 6.45) is 0. The predicted molar refractivity (Wildman–Crippen MR) is 70.0 cm³/mol. The molecule has 0 saturated carbocycles. The Balaban J connectivity index is 2.34. The van der Waals surface area contributed by atoms with Crippen LogP contribution in [0.25, 0.3) is 0 Å². The van der Waals surface area contributed by atoms with E-state index in [1.807, 2.05) is 19.1 Å². The second-order valence-electron chi connectivity index (χ2n) is 3.27. The van der Waals surface area contributed by atoms with Crippen LogP contribution < -0.4 is 14.8 Å². The predicted octanol–water partition coefficient (Wildman–Crippen LogP) is 1.51. The van der Waals surface area contributed by atoms with Gasteiger partial charge in [0.2, 0.25) is 0 Å². The van der Waals surface area contributed by atoms with Gasteiger partial charge in [-0.25, -0.2) is 0 Å². The number of rotatable bonds is 7. The topological polar surface area (TPSA) is 47.6 Å². The van der Waals surface area contributed by atoms with Crippen molar-refractivity contribution in [3.05, 3.63) is 24.3 Å². The van der Waals surface area contributed by atoms with Crippen molar-refractivity contribution in [3.63, 3.8) is 0 Å². The molecule has 1 aromatic carbocycles. The summed E-state index contributed by atoms with van der Waals surface area (Å²) in [6, 6.07) is 7.17. The van der Waals surface area contributed by atoms with Gasteiger partial charge >= 0.3 is 0 Å². The molecule has 0 bridgehead atoms. The number of ether oxygens (including phenoxy) is 2. The van der Waals surface area contributed by atoms with Gasteiger partial charge in [-0.2, -0.15) is 12.6 Å². The van der Waals surface area contributed by atoms with E-state index in [1.54, 1.807) is 12.1 Å². The fourth-order valence-electron chi connectivity index (χ4n) is 1.19. The van der Waals surface area contributed by atoms with Crippen molar-refractivity contribution in [1.29, 1.82) is 0 Å². The van der Waals surface area contributed by atoms with Gasteiger partial charge in [0.15, 0.2) is 6.61 Å². The van der Waals surface area contributed by atoms with Crippen LogP contribution in [0, 0.1) is 0 Å². The van der Waals surface area contributed by atoms with Crippen molar-refractivity contribution in [2.24, 2.45) is 0 Å². The van der Waals surface area contributed by atoms with Crippen molar-refractivity contribution < 1.29 is 14.3 Å². The molecule has 0 heterocycles. The summed E-state index contributed by atoms with van der Waals surface area (Å²) in [4.78, 5) is 11.2. The Morgan fingerprint density at radius 2 is 1.82 bits per heavy atom. The first-order valence-electron chi connectivity index (χ1n) is 5.49. The van der Waals surface area contributed by atoms with E-state index >= 15 is 0 Å². The van der Waals surface area contributed by atoms with Crippen molar-refractivity contribution in [1.82, 2.24) is 5.32 Å². The highest BCUT2D eigenvalue weighted by molar-refractivity contribution is 7.80. The van der Waals surface area contributed by atoms with Crippen LogP contribution in [0.2, 0.25) is 0 Å². The van der Waals surface area contributed by atoms with Crippen molar-refractivity contribution in [2.45, 2.75) is 6.92 Å². The van der Waals surface area contributed by atoms with Gasteiger partial charge in [-0.1, -0.05) is 0 Å². The Morgan fingerprint density at radius 1 is 1.24 bits per heavy atom. The van der Waals surface area contributed by atoms with Crippen molar-refractivity contribution in [3.8, 4) is 11.5 Å². The van der Waals surface area contributed by atoms with E-state index in [-0.39, 0.29) is 12.5 Å². The summed E-state index contributed by atoms with van der Waals surface area (Å²) < 4.78 is 10.6. The molecule has 1 rings (SSSR count). The summed E-state index contributed by atoms with van der Waals surface area (Å²) in [7, 11) is 0. The van der Waals surface area contributed by atoms with E-state index < -0.39 is 0 Å². The van der Waals surface area contributed by atoms with Crippen LogP contribution in [0.15, 0.2) is 24.3 Å². The zero-order valence-corrected chi connectivity index (χ0v) is 10.7. The van der Waals surface area contributed by atoms with E-state index in [1.165, 1.54) is 0 Å². The molecule has 0 unspecified atom stereocenters. The molecule has 0 aliphatic heterocycles. The number of carbonyl (C=O) groups excluding carboxylic acids is 1. The molecule has 1 amide bonds. The van der Waals surface area contributed by atoms with Crippen LogP contribution in [0.3, 0.4) is 0 Å². The molecule has 0 aliphatic carbocycles. The van der Waals surface area contributed by atoms with Gasteiger partial charge in [0, 0.05) is 12.3 Å². The maximum absolute atomic E-state index is 11.2. The van der Waals surface area contributed by atoms with Crippen LogP contribution in [0.4, 0.5) is 0 Å². The SMILES string of the molecule is CCOc1ccc(OCC(=O)NCCS)cc1. The van der Waals surface area contributed by atoms with E-state index in [0.29, 0.717) is 24.7 Å².